The van der Waals surface area contributed by atoms with E-state index in [9.17, 15) is 9.18 Å². The van der Waals surface area contributed by atoms with E-state index in [-0.39, 0.29) is 18.1 Å². The SMILES string of the molecule is Cc1c[nH]c2nccc(Oc3ccc(CC(N)C(=O)NCc4cccs4)cc3F)c12. The molecular weight excluding hydrogens is 403 g/mol. The standard InChI is InChI=1S/C22H21FN4O2S/c1-13-11-26-21-20(13)19(6-7-25-21)29-18-5-4-14(9-16(18)23)10-17(24)22(28)27-12-15-3-2-8-30-15/h2-9,11,17H,10,12,24H2,1H3,(H,25,26)(H,27,28). The second-order valence-corrected chi connectivity index (χ2v) is 8.01. The summed E-state index contributed by atoms with van der Waals surface area (Å²) < 4.78 is 20.5. The predicted octanol–water partition coefficient (Wildman–Crippen LogP) is 4.05. The number of rotatable bonds is 7. The van der Waals surface area contributed by atoms with E-state index in [1.54, 1.807) is 35.7 Å². The van der Waals surface area contributed by atoms with Crippen molar-refractivity contribution in [2.75, 3.05) is 0 Å². The van der Waals surface area contributed by atoms with Crippen molar-refractivity contribution in [3.05, 3.63) is 76.0 Å². The Balaban J connectivity index is 1.42. The van der Waals surface area contributed by atoms with Crippen LogP contribution in [0.4, 0.5) is 4.39 Å². The third-order valence-corrected chi connectivity index (χ3v) is 5.63. The fraction of sp³-hybridized carbons (Fsp3) is 0.182. The number of hydrogen-bond donors (Lipinski definition) is 3. The lowest BCUT2D eigenvalue weighted by Crippen LogP contribution is -2.41. The summed E-state index contributed by atoms with van der Waals surface area (Å²) in [5.41, 5.74) is 8.26. The van der Waals surface area contributed by atoms with E-state index in [4.69, 9.17) is 10.5 Å². The van der Waals surface area contributed by atoms with Gasteiger partial charge in [0.2, 0.25) is 5.91 Å². The van der Waals surface area contributed by atoms with E-state index in [1.807, 2.05) is 30.6 Å². The summed E-state index contributed by atoms with van der Waals surface area (Å²) in [5, 5.41) is 5.56. The molecule has 0 saturated heterocycles. The summed E-state index contributed by atoms with van der Waals surface area (Å²) in [6.07, 6.45) is 3.66. The summed E-state index contributed by atoms with van der Waals surface area (Å²) in [5.74, 6) is -0.166. The van der Waals surface area contributed by atoms with Gasteiger partial charge in [0.15, 0.2) is 11.6 Å². The van der Waals surface area contributed by atoms with Crippen molar-refractivity contribution in [3.63, 3.8) is 0 Å². The van der Waals surface area contributed by atoms with Crippen LogP contribution in [0.1, 0.15) is 16.0 Å². The average Bonchev–Trinajstić information content (AvgIpc) is 3.38. The topological polar surface area (TPSA) is 93.0 Å². The molecule has 0 aliphatic heterocycles. The number of nitrogens with one attached hydrogen (secondary N) is 2. The van der Waals surface area contributed by atoms with Crippen molar-refractivity contribution >= 4 is 28.3 Å². The number of aromatic amines is 1. The Morgan fingerprint density at radius 3 is 2.97 bits per heavy atom. The molecule has 0 bridgehead atoms. The van der Waals surface area contributed by atoms with Crippen LogP contribution >= 0.6 is 11.3 Å². The van der Waals surface area contributed by atoms with Crippen LogP contribution in [0.3, 0.4) is 0 Å². The fourth-order valence-corrected chi connectivity index (χ4v) is 3.85. The average molecular weight is 425 g/mol. The molecule has 4 N–H and O–H groups in total. The summed E-state index contributed by atoms with van der Waals surface area (Å²) in [6.45, 7) is 2.36. The third kappa shape index (κ3) is 4.34. The Kier molecular flexibility index (Phi) is 5.78. The van der Waals surface area contributed by atoms with E-state index in [1.165, 1.54) is 6.07 Å². The predicted molar refractivity (Wildman–Crippen MR) is 115 cm³/mol. The fourth-order valence-electron chi connectivity index (χ4n) is 3.21. The van der Waals surface area contributed by atoms with Crippen LogP contribution < -0.4 is 15.8 Å². The second kappa shape index (κ2) is 8.64. The van der Waals surface area contributed by atoms with Crippen LogP contribution in [0, 0.1) is 12.7 Å². The highest BCUT2D eigenvalue weighted by Crippen LogP contribution is 2.32. The van der Waals surface area contributed by atoms with Crippen LogP contribution in [-0.4, -0.2) is 21.9 Å². The minimum Gasteiger partial charge on any atom is -0.453 e. The maximum atomic E-state index is 14.7. The number of fused-ring (bicyclic) bond motifs is 1. The number of H-pyrrole nitrogens is 1. The highest BCUT2D eigenvalue weighted by Gasteiger charge is 2.16. The molecule has 0 fully saturated rings. The van der Waals surface area contributed by atoms with Crippen molar-refractivity contribution in [2.45, 2.75) is 25.9 Å². The van der Waals surface area contributed by atoms with E-state index in [0.29, 0.717) is 23.5 Å². The van der Waals surface area contributed by atoms with Gasteiger partial charge in [-0.2, -0.15) is 0 Å². The van der Waals surface area contributed by atoms with Crippen molar-refractivity contribution in [1.82, 2.24) is 15.3 Å². The van der Waals surface area contributed by atoms with Gasteiger partial charge < -0.3 is 20.8 Å². The number of halogens is 1. The monoisotopic (exact) mass is 424 g/mol. The molecule has 0 spiro atoms. The molecule has 6 nitrogen and oxygen atoms in total. The van der Waals surface area contributed by atoms with Crippen LogP contribution in [0.25, 0.3) is 11.0 Å². The van der Waals surface area contributed by atoms with Gasteiger partial charge in [-0.15, -0.1) is 11.3 Å². The van der Waals surface area contributed by atoms with Gasteiger partial charge in [-0.1, -0.05) is 12.1 Å². The van der Waals surface area contributed by atoms with E-state index in [0.717, 1.165) is 15.8 Å². The van der Waals surface area contributed by atoms with Crippen molar-refractivity contribution in [2.24, 2.45) is 5.73 Å². The zero-order chi connectivity index (χ0) is 21.1. The number of carbonyl (C=O) groups is 1. The number of ether oxygens (including phenoxy) is 1. The molecule has 0 aliphatic carbocycles. The number of carbonyl (C=O) groups excluding carboxylic acids is 1. The van der Waals surface area contributed by atoms with Gasteiger partial charge in [0.05, 0.1) is 18.0 Å². The summed E-state index contributed by atoms with van der Waals surface area (Å²) >= 11 is 1.56. The van der Waals surface area contributed by atoms with Crippen LogP contribution in [0.15, 0.2) is 54.2 Å². The second-order valence-electron chi connectivity index (χ2n) is 6.98. The first-order chi connectivity index (χ1) is 14.5. The van der Waals surface area contributed by atoms with E-state index >= 15 is 0 Å². The van der Waals surface area contributed by atoms with Gasteiger partial charge in [0.25, 0.3) is 0 Å². The number of pyridine rings is 1. The zero-order valence-corrected chi connectivity index (χ0v) is 17.1. The third-order valence-electron chi connectivity index (χ3n) is 4.76. The number of hydrogen-bond acceptors (Lipinski definition) is 5. The lowest BCUT2D eigenvalue weighted by atomic mass is 10.1. The molecular formula is C22H21FN4O2S. The number of nitrogens with two attached hydrogens (primary N) is 1. The van der Waals surface area contributed by atoms with E-state index < -0.39 is 11.9 Å². The summed E-state index contributed by atoms with van der Waals surface area (Å²) in [6, 6.07) is 9.42. The number of nitrogens with zero attached hydrogens (tertiary/aromatic N) is 1. The Labute approximate surface area is 176 Å². The lowest BCUT2D eigenvalue weighted by molar-refractivity contribution is -0.122. The maximum absolute atomic E-state index is 14.7. The minimum atomic E-state index is -0.765. The summed E-state index contributed by atoms with van der Waals surface area (Å²) in [4.78, 5) is 20.5. The van der Waals surface area contributed by atoms with Gasteiger partial charge in [-0.3, -0.25) is 4.79 Å². The highest BCUT2D eigenvalue weighted by atomic mass is 32.1. The number of benzene rings is 1. The molecule has 8 heteroatoms. The molecule has 1 unspecified atom stereocenters. The number of thiophene rings is 1. The van der Waals surface area contributed by atoms with Crippen molar-refractivity contribution in [3.8, 4) is 11.5 Å². The van der Waals surface area contributed by atoms with E-state index in [2.05, 4.69) is 15.3 Å². The molecule has 0 aliphatic rings. The van der Waals surface area contributed by atoms with Gasteiger partial charge in [0, 0.05) is 17.3 Å². The molecule has 3 heterocycles. The normalized spacial score (nSPS) is 12.1. The van der Waals surface area contributed by atoms with Crippen LogP contribution in [0.5, 0.6) is 11.5 Å². The van der Waals surface area contributed by atoms with Gasteiger partial charge in [0.1, 0.15) is 11.4 Å². The van der Waals surface area contributed by atoms with Gasteiger partial charge >= 0.3 is 0 Å². The molecule has 0 saturated carbocycles. The first-order valence-electron chi connectivity index (χ1n) is 9.46. The molecule has 1 atom stereocenters. The first kappa shape index (κ1) is 20.1. The number of aryl methyl sites for hydroxylation is 1. The van der Waals surface area contributed by atoms with Crippen LogP contribution in [-0.2, 0) is 17.8 Å². The van der Waals surface area contributed by atoms with Crippen molar-refractivity contribution in [1.29, 1.82) is 0 Å². The molecule has 3 aromatic heterocycles. The lowest BCUT2D eigenvalue weighted by Gasteiger charge is -2.13. The Morgan fingerprint density at radius 2 is 2.20 bits per heavy atom. The maximum Gasteiger partial charge on any atom is 0.237 e. The Hall–Kier alpha value is -3.23. The Morgan fingerprint density at radius 1 is 1.33 bits per heavy atom. The number of amides is 1. The molecule has 30 heavy (non-hydrogen) atoms. The first-order valence-corrected chi connectivity index (χ1v) is 10.3. The minimum absolute atomic E-state index is 0.0996. The Bertz CT molecular complexity index is 1170. The molecule has 4 rings (SSSR count). The van der Waals surface area contributed by atoms with Gasteiger partial charge in [-0.05, 0) is 54.1 Å². The molecule has 0 radical (unpaired) electrons. The molecule has 154 valence electrons. The van der Waals surface area contributed by atoms with Gasteiger partial charge in [-0.25, -0.2) is 9.37 Å². The molecule has 1 amide bonds. The summed E-state index contributed by atoms with van der Waals surface area (Å²) in [7, 11) is 0. The smallest absolute Gasteiger partial charge is 0.237 e. The van der Waals surface area contributed by atoms with Crippen LogP contribution in [0.2, 0.25) is 0 Å². The quantitative estimate of drug-likeness (QED) is 0.417. The molecule has 4 aromatic rings. The zero-order valence-electron chi connectivity index (χ0n) is 16.3. The largest absolute Gasteiger partial charge is 0.453 e. The highest BCUT2D eigenvalue weighted by molar-refractivity contribution is 7.09. The molecule has 1 aromatic carbocycles. The van der Waals surface area contributed by atoms with Crippen molar-refractivity contribution < 1.29 is 13.9 Å². The number of aromatic nitrogens is 2.